The van der Waals surface area contributed by atoms with E-state index in [0.717, 1.165) is 22.3 Å². The minimum atomic E-state index is -0.212. The van der Waals surface area contributed by atoms with Gasteiger partial charge in [0, 0.05) is 16.7 Å². The lowest BCUT2D eigenvalue weighted by atomic mass is 10.1. The number of nitrogens with zero attached hydrogens (tertiary/aromatic N) is 2. The number of hydrogen-bond donors (Lipinski definition) is 1. The van der Waals surface area contributed by atoms with Crippen LogP contribution >= 0.6 is 23.4 Å². The van der Waals surface area contributed by atoms with Crippen molar-refractivity contribution in [3.63, 3.8) is 0 Å². The number of nitrogens with one attached hydrogen (secondary N) is 1. The maximum absolute atomic E-state index is 12.3. The number of anilines is 1. The highest BCUT2D eigenvalue weighted by atomic mass is 35.5. The third-order valence-corrected chi connectivity index (χ3v) is 5.18. The van der Waals surface area contributed by atoms with Gasteiger partial charge < -0.3 is 14.5 Å². The number of halogens is 1. The maximum atomic E-state index is 12.3. The summed E-state index contributed by atoms with van der Waals surface area (Å²) >= 11 is 7.26. The van der Waals surface area contributed by atoms with Crippen LogP contribution in [-0.2, 0) is 4.79 Å². The van der Waals surface area contributed by atoms with Crippen molar-refractivity contribution in [2.45, 2.75) is 26.0 Å². The summed E-state index contributed by atoms with van der Waals surface area (Å²) in [5.41, 5.74) is 4.52. The molecule has 0 radical (unpaired) electrons. The number of carbonyl (C=O) groups is 1. The molecule has 0 aliphatic heterocycles. The largest absolute Gasteiger partial charge is 0.495 e. The number of methoxy groups -OCH3 is 1. The Morgan fingerprint density at radius 3 is 2.54 bits per heavy atom. The fourth-order valence-corrected chi connectivity index (χ4v) is 3.44. The molecule has 1 aromatic heterocycles. The van der Waals surface area contributed by atoms with E-state index in [1.54, 1.807) is 12.1 Å². The first-order chi connectivity index (χ1) is 13.4. The second kappa shape index (κ2) is 8.67. The molecule has 8 heteroatoms. The van der Waals surface area contributed by atoms with E-state index in [-0.39, 0.29) is 11.7 Å². The lowest BCUT2D eigenvalue weighted by molar-refractivity contribution is -0.113. The molecule has 0 unspecified atom stereocenters. The third kappa shape index (κ3) is 4.85. The SMILES string of the molecule is COc1cc(Cl)c(C)cc1NC(=O)CSc1nnc(-c2cc(C)cc(C)c2)o1. The molecule has 28 heavy (non-hydrogen) atoms. The molecule has 0 spiro atoms. The second-order valence-corrected chi connectivity index (χ2v) is 7.72. The van der Waals surface area contributed by atoms with Crippen molar-refractivity contribution in [1.29, 1.82) is 0 Å². The van der Waals surface area contributed by atoms with E-state index in [4.69, 9.17) is 20.8 Å². The van der Waals surface area contributed by atoms with Crippen LogP contribution in [0.3, 0.4) is 0 Å². The zero-order valence-corrected chi connectivity index (χ0v) is 17.6. The average Bonchev–Trinajstić information content (AvgIpc) is 3.11. The molecule has 3 aromatic rings. The van der Waals surface area contributed by atoms with Gasteiger partial charge in [-0.2, -0.15) is 0 Å². The van der Waals surface area contributed by atoms with E-state index < -0.39 is 0 Å². The predicted molar refractivity (Wildman–Crippen MR) is 111 cm³/mol. The van der Waals surface area contributed by atoms with Gasteiger partial charge in [-0.1, -0.05) is 40.6 Å². The van der Waals surface area contributed by atoms with Gasteiger partial charge in [-0.15, -0.1) is 10.2 Å². The number of carbonyl (C=O) groups excluding carboxylic acids is 1. The molecule has 3 rings (SSSR count). The Morgan fingerprint density at radius 2 is 1.86 bits per heavy atom. The summed E-state index contributed by atoms with van der Waals surface area (Å²) in [7, 11) is 1.53. The number of hydrogen-bond acceptors (Lipinski definition) is 6. The van der Waals surface area contributed by atoms with Gasteiger partial charge in [-0.25, -0.2) is 0 Å². The van der Waals surface area contributed by atoms with Crippen LogP contribution in [0.15, 0.2) is 40.0 Å². The van der Waals surface area contributed by atoms with Crippen molar-refractivity contribution < 1.29 is 13.9 Å². The zero-order valence-electron chi connectivity index (χ0n) is 16.0. The average molecular weight is 418 g/mol. The van der Waals surface area contributed by atoms with Crippen molar-refractivity contribution in [1.82, 2.24) is 10.2 Å². The summed E-state index contributed by atoms with van der Waals surface area (Å²) in [4.78, 5) is 12.3. The van der Waals surface area contributed by atoms with Gasteiger partial charge in [0.1, 0.15) is 5.75 Å². The first-order valence-electron chi connectivity index (χ1n) is 8.54. The lowest BCUT2D eigenvalue weighted by Gasteiger charge is -2.11. The number of benzene rings is 2. The molecule has 2 aromatic carbocycles. The van der Waals surface area contributed by atoms with E-state index >= 15 is 0 Å². The monoisotopic (exact) mass is 417 g/mol. The van der Waals surface area contributed by atoms with Crippen LogP contribution in [0.4, 0.5) is 5.69 Å². The summed E-state index contributed by atoms with van der Waals surface area (Å²) in [6.07, 6.45) is 0. The molecule has 0 saturated heterocycles. The van der Waals surface area contributed by atoms with Crippen molar-refractivity contribution in [3.8, 4) is 17.2 Å². The van der Waals surface area contributed by atoms with Crippen LogP contribution in [0.5, 0.6) is 5.75 Å². The minimum Gasteiger partial charge on any atom is -0.495 e. The van der Waals surface area contributed by atoms with Crippen LogP contribution in [0, 0.1) is 20.8 Å². The van der Waals surface area contributed by atoms with Crippen LogP contribution in [0.25, 0.3) is 11.5 Å². The van der Waals surface area contributed by atoms with Gasteiger partial charge >= 0.3 is 0 Å². The van der Waals surface area contributed by atoms with Crippen LogP contribution in [0.2, 0.25) is 5.02 Å². The van der Waals surface area contributed by atoms with Crippen LogP contribution in [0.1, 0.15) is 16.7 Å². The summed E-state index contributed by atoms with van der Waals surface area (Å²) < 4.78 is 10.9. The summed E-state index contributed by atoms with van der Waals surface area (Å²) in [5, 5.41) is 11.8. The van der Waals surface area contributed by atoms with Crippen molar-refractivity contribution in [2.75, 3.05) is 18.2 Å². The van der Waals surface area contributed by atoms with Gasteiger partial charge in [-0.3, -0.25) is 4.79 Å². The molecule has 0 aliphatic carbocycles. The van der Waals surface area contributed by atoms with E-state index in [9.17, 15) is 4.79 Å². The molecule has 0 aliphatic rings. The third-order valence-electron chi connectivity index (χ3n) is 3.96. The molecular weight excluding hydrogens is 398 g/mol. The molecule has 0 atom stereocenters. The summed E-state index contributed by atoms with van der Waals surface area (Å²) in [6.45, 7) is 5.89. The maximum Gasteiger partial charge on any atom is 0.277 e. The zero-order chi connectivity index (χ0) is 20.3. The van der Waals surface area contributed by atoms with Crippen LogP contribution in [-0.4, -0.2) is 29.0 Å². The number of rotatable bonds is 6. The van der Waals surface area contributed by atoms with Crippen molar-refractivity contribution >= 4 is 35.0 Å². The molecule has 6 nitrogen and oxygen atoms in total. The Hall–Kier alpha value is -2.51. The standard InChI is InChI=1S/C20H20ClN3O3S/c1-11-5-12(2)7-14(6-11)19-23-24-20(27-19)28-10-18(25)22-16-8-13(3)15(21)9-17(16)26-4/h5-9H,10H2,1-4H3,(H,22,25). The number of aryl methyl sites for hydroxylation is 3. The molecule has 146 valence electrons. The number of aromatic nitrogens is 2. The molecule has 0 fully saturated rings. The highest BCUT2D eigenvalue weighted by Crippen LogP contribution is 2.31. The van der Waals surface area contributed by atoms with E-state index in [1.165, 1.54) is 18.9 Å². The molecule has 0 bridgehead atoms. The molecule has 1 heterocycles. The molecule has 0 saturated carbocycles. The Labute approximate surface area is 172 Å². The van der Waals surface area contributed by atoms with Gasteiger partial charge in [0.25, 0.3) is 5.22 Å². The van der Waals surface area contributed by atoms with E-state index in [1.807, 2.05) is 32.9 Å². The topological polar surface area (TPSA) is 77.2 Å². The normalized spacial score (nSPS) is 10.8. The van der Waals surface area contributed by atoms with Crippen molar-refractivity contribution in [2.24, 2.45) is 0 Å². The van der Waals surface area contributed by atoms with E-state index in [2.05, 4.69) is 21.6 Å². The quantitative estimate of drug-likeness (QED) is 0.565. The lowest BCUT2D eigenvalue weighted by Crippen LogP contribution is -2.15. The first kappa shape index (κ1) is 20.2. The molecule has 1 N–H and O–H groups in total. The Kier molecular flexibility index (Phi) is 6.26. The molecular formula is C20H20ClN3O3S. The van der Waals surface area contributed by atoms with Gasteiger partial charge in [0.2, 0.25) is 11.8 Å². The van der Waals surface area contributed by atoms with Crippen molar-refractivity contribution in [3.05, 3.63) is 52.0 Å². The fraction of sp³-hybridized carbons (Fsp3) is 0.250. The van der Waals surface area contributed by atoms with Gasteiger partial charge in [0.05, 0.1) is 18.6 Å². The number of thioether (sulfide) groups is 1. The Morgan fingerprint density at radius 1 is 1.14 bits per heavy atom. The first-order valence-corrected chi connectivity index (χ1v) is 9.91. The Balaban J connectivity index is 1.64. The smallest absolute Gasteiger partial charge is 0.277 e. The van der Waals surface area contributed by atoms with Crippen LogP contribution < -0.4 is 10.1 Å². The van der Waals surface area contributed by atoms with Gasteiger partial charge in [0.15, 0.2) is 0 Å². The molecule has 1 amide bonds. The highest BCUT2D eigenvalue weighted by molar-refractivity contribution is 7.99. The predicted octanol–water partition coefficient (Wildman–Crippen LogP) is 5.05. The second-order valence-electron chi connectivity index (χ2n) is 6.39. The minimum absolute atomic E-state index is 0.124. The summed E-state index contributed by atoms with van der Waals surface area (Å²) in [6, 6.07) is 9.49. The highest BCUT2D eigenvalue weighted by Gasteiger charge is 2.14. The fourth-order valence-electron chi connectivity index (χ4n) is 2.73. The number of ether oxygens (including phenoxy) is 1. The van der Waals surface area contributed by atoms with E-state index in [0.29, 0.717) is 27.6 Å². The number of amides is 1. The summed E-state index contributed by atoms with van der Waals surface area (Å²) in [5.74, 6) is 0.851. The Bertz CT molecular complexity index is 1000. The van der Waals surface area contributed by atoms with Gasteiger partial charge in [-0.05, 0) is 44.5 Å².